The zero-order valence-electron chi connectivity index (χ0n) is 15.5. The molecule has 3 rings (SSSR count). The number of imide groups is 1. The molecule has 0 N–H and O–H groups in total. The van der Waals surface area contributed by atoms with Crippen molar-refractivity contribution in [3.63, 3.8) is 0 Å². The number of carbonyl (C=O) groups excluding carboxylic acids is 3. The van der Waals surface area contributed by atoms with E-state index < -0.39 is 34.4 Å². The Morgan fingerprint density at radius 2 is 1.90 bits per heavy atom. The van der Waals surface area contributed by atoms with E-state index in [0.29, 0.717) is 10.7 Å². The van der Waals surface area contributed by atoms with E-state index in [4.69, 9.17) is 23.2 Å². The monoisotopic (exact) mass is 447 g/mol. The second-order valence-corrected chi connectivity index (χ2v) is 7.28. The predicted molar refractivity (Wildman–Crippen MR) is 112 cm³/mol. The Hall–Kier alpha value is -3.23. The Balaban J connectivity index is 1.94. The molecule has 3 amide bonds. The summed E-state index contributed by atoms with van der Waals surface area (Å²) in [6.45, 7) is 3.56. The highest BCUT2D eigenvalue weighted by Gasteiger charge is 2.44. The minimum Gasteiger partial charge on any atom is -0.322 e. The second kappa shape index (κ2) is 8.64. The molecular formula is C20H15Cl2N3O5. The lowest BCUT2D eigenvalue weighted by Crippen LogP contribution is -2.45. The molecule has 1 atom stereocenters. The zero-order valence-corrected chi connectivity index (χ0v) is 17.0. The number of carbonyl (C=O) groups is 3. The van der Waals surface area contributed by atoms with Gasteiger partial charge in [-0.05, 0) is 36.4 Å². The fourth-order valence-electron chi connectivity index (χ4n) is 3.16. The summed E-state index contributed by atoms with van der Waals surface area (Å²) >= 11 is 11.7. The number of nitrogens with zero attached hydrogens (tertiary/aromatic N) is 3. The Bertz CT molecular complexity index is 1050. The summed E-state index contributed by atoms with van der Waals surface area (Å²) in [6.07, 6.45) is 1.18. The van der Waals surface area contributed by atoms with Crippen molar-refractivity contribution < 1.29 is 19.3 Å². The molecule has 2 aromatic rings. The minimum atomic E-state index is -1.08. The third kappa shape index (κ3) is 4.05. The standard InChI is InChI=1S/C20H15Cl2N3O5/c1-2-9-23(19(27)12-3-8-15(22)16(10-12)25(29)30)17-11-18(26)24(20(17)28)14-6-4-13(21)5-7-14/h2-8,10,17H,1,9,11H2. The van der Waals surface area contributed by atoms with Crippen molar-refractivity contribution in [1.82, 2.24) is 4.90 Å². The van der Waals surface area contributed by atoms with Crippen molar-refractivity contribution in [2.24, 2.45) is 0 Å². The fraction of sp³-hybridized carbons (Fsp3) is 0.150. The van der Waals surface area contributed by atoms with Crippen molar-refractivity contribution in [1.29, 1.82) is 0 Å². The molecule has 1 aliphatic rings. The van der Waals surface area contributed by atoms with Crippen LogP contribution in [0.4, 0.5) is 11.4 Å². The van der Waals surface area contributed by atoms with Gasteiger partial charge in [-0.1, -0.05) is 29.3 Å². The molecule has 0 saturated carbocycles. The maximum Gasteiger partial charge on any atom is 0.288 e. The topological polar surface area (TPSA) is 101 Å². The van der Waals surface area contributed by atoms with E-state index in [9.17, 15) is 24.5 Å². The first-order valence-electron chi connectivity index (χ1n) is 8.72. The normalized spacial score (nSPS) is 15.9. The van der Waals surface area contributed by atoms with E-state index in [-0.39, 0.29) is 23.6 Å². The van der Waals surface area contributed by atoms with Crippen LogP contribution in [-0.2, 0) is 9.59 Å². The third-order valence-electron chi connectivity index (χ3n) is 4.56. The molecule has 0 radical (unpaired) electrons. The van der Waals surface area contributed by atoms with Crippen LogP contribution in [0.3, 0.4) is 0 Å². The largest absolute Gasteiger partial charge is 0.322 e. The summed E-state index contributed by atoms with van der Waals surface area (Å²) in [5.41, 5.74) is -0.124. The summed E-state index contributed by atoms with van der Waals surface area (Å²) in [7, 11) is 0. The van der Waals surface area contributed by atoms with Gasteiger partial charge in [-0.3, -0.25) is 24.5 Å². The molecule has 30 heavy (non-hydrogen) atoms. The summed E-state index contributed by atoms with van der Waals surface area (Å²) in [4.78, 5) is 51.2. The quantitative estimate of drug-likeness (QED) is 0.289. The molecular weight excluding hydrogens is 433 g/mol. The molecule has 1 fully saturated rings. The molecule has 0 aliphatic carbocycles. The molecule has 1 saturated heterocycles. The molecule has 0 aromatic heterocycles. The maximum atomic E-state index is 13.1. The van der Waals surface area contributed by atoms with E-state index >= 15 is 0 Å². The lowest BCUT2D eigenvalue weighted by Gasteiger charge is -2.26. The van der Waals surface area contributed by atoms with Gasteiger partial charge in [-0.2, -0.15) is 0 Å². The molecule has 2 aromatic carbocycles. The van der Waals surface area contributed by atoms with Gasteiger partial charge in [0.2, 0.25) is 5.91 Å². The van der Waals surface area contributed by atoms with Crippen LogP contribution in [0.5, 0.6) is 0 Å². The van der Waals surface area contributed by atoms with Gasteiger partial charge in [0.1, 0.15) is 11.1 Å². The Morgan fingerprint density at radius 1 is 1.23 bits per heavy atom. The lowest BCUT2D eigenvalue weighted by atomic mass is 10.1. The van der Waals surface area contributed by atoms with Crippen LogP contribution in [0.2, 0.25) is 10.0 Å². The van der Waals surface area contributed by atoms with E-state index in [2.05, 4.69) is 6.58 Å². The highest BCUT2D eigenvalue weighted by Crippen LogP contribution is 2.29. The average Bonchev–Trinajstić information content (AvgIpc) is 3.00. The van der Waals surface area contributed by atoms with Crippen molar-refractivity contribution in [3.05, 3.63) is 80.8 Å². The molecule has 0 spiro atoms. The van der Waals surface area contributed by atoms with Gasteiger partial charge in [0.05, 0.1) is 17.0 Å². The summed E-state index contributed by atoms with van der Waals surface area (Å²) < 4.78 is 0. The number of hydrogen-bond donors (Lipinski definition) is 0. The first kappa shape index (κ1) is 21.5. The first-order valence-corrected chi connectivity index (χ1v) is 9.48. The molecule has 8 nitrogen and oxygen atoms in total. The van der Waals surface area contributed by atoms with Crippen molar-refractivity contribution in [2.45, 2.75) is 12.5 Å². The molecule has 10 heteroatoms. The highest BCUT2D eigenvalue weighted by molar-refractivity contribution is 6.33. The van der Waals surface area contributed by atoms with Crippen LogP contribution in [0.1, 0.15) is 16.8 Å². The third-order valence-corrected chi connectivity index (χ3v) is 5.13. The van der Waals surface area contributed by atoms with Crippen LogP contribution in [-0.4, -0.2) is 40.1 Å². The first-order chi connectivity index (χ1) is 14.2. The number of anilines is 1. The number of rotatable bonds is 6. The number of nitro benzene ring substituents is 1. The van der Waals surface area contributed by atoms with Crippen LogP contribution in [0.15, 0.2) is 55.1 Å². The van der Waals surface area contributed by atoms with Gasteiger partial charge in [0.15, 0.2) is 0 Å². The number of benzene rings is 2. The Kier molecular flexibility index (Phi) is 6.19. The van der Waals surface area contributed by atoms with Crippen molar-refractivity contribution in [2.75, 3.05) is 11.4 Å². The van der Waals surface area contributed by atoms with Gasteiger partial charge in [0, 0.05) is 23.2 Å². The fourth-order valence-corrected chi connectivity index (χ4v) is 3.48. The summed E-state index contributed by atoms with van der Waals surface area (Å²) in [5, 5.41) is 11.5. The summed E-state index contributed by atoms with van der Waals surface area (Å²) in [5.74, 6) is -1.71. The van der Waals surface area contributed by atoms with E-state index in [1.807, 2.05) is 0 Å². The molecule has 1 heterocycles. The van der Waals surface area contributed by atoms with Gasteiger partial charge < -0.3 is 4.90 Å². The zero-order chi connectivity index (χ0) is 22.0. The van der Waals surface area contributed by atoms with Crippen LogP contribution < -0.4 is 4.90 Å². The molecule has 1 unspecified atom stereocenters. The number of amides is 3. The highest BCUT2D eigenvalue weighted by atomic mass is 35.5. The lowest BCUT2D eigenvalue weighted by molar-refractivity contribution is -0.384. The van der Waals surface area contributed by atoms with Crippen LogP contribution >= 0.6 is 23.2 Å². The molecule has 154 valence electrons. The van der Waals surface area contributed by atoms with Crippen molar-refractivity contribution in [3.8, 4) is 0 Å². The van der Waals surface area contributed by atoms with Gasteiger partial charge in [-0.15, -0.1) is 6.58 Å². The van der Waals surface area contributed by atoms with Crippen LogP contribution in [0.25, 0.3) is 0 Å². The van der Waals surface area contributed by atoms with E-state index in [1.165, 1.54) is 30.3 Å². The predicted octanol–water partition coefficient (Wildman–Crippen LogP) is 3.86. The van der Waals surface area contributed by atoms with Crippen LogP contribution in [0, 0.1) is 10.1 Å². The Morgan fingerprint density at radius 3 is 2.50 bits per heavy atom. The van der Waals surface area contributed by atoms with Gasteiger partial charge >= 0.3 is 0 Å². The summed E-state index contributed by atoms with van der Waals surface area (Å²) in [6, 6.07) is 8.68. The molecule has 0 bridgehead atoms. The van der Waals surface area contributed by atoms with Crippen molar-refractivity contribution >= 4 is 52.3 Å². The number of nitro groups is 1. The van der Waals surface area contributed by atoms with Gasteiger partial charge in [0.25, 0.3) is 17.5 Å². The smallest absolute Gasteiger partial charge is 0.288 e. The SMILES string of the molecule is C=CCN(C(=O)c1ccc(Cl)c([N+](=O)[O-])c1)C1CC(=O)N(c2ccc(Cl)cc2)C1=O. The number of hydrogen-bond acceptors (Lipinski definition) is 5. The minimum absolute atomic E-state index is 0.0295. The maximum absolute atomic E-state index is 13.1. The molecule has 1 aliphatic heterocycles. The average molecular weight is 448 g/mol. The van der Waals surface area contributed by atoms with E-state index in [0.717, 1.165) is 15.9 Å². The Labute approximate surface area is 181 Å². The van der Waals surface area contributed by atoms with Gasteiger partial charge in [-0.25, -0.2) is 4.90 Å². The number of halogens is 2. The van der Waals surface area contributed by atoms with E-state index in [1.54, 1.807) is 12.1 Å². The second-order valence-electron chi connectivity index (χ2n) is 6.43.